The standard InChI is InChI=1S/C24H23ClN2O6S/c1-31-17-10-12-18(13-11-17)34(29,30)27-16-23(33-22-9-5-3-7-20(22)27)24(28)26-14-15-32-21-8-4-2-6-19(21)25/h2-13,23H,14-16H2,1H3,(H,26,28). The fraction of sp³-hybridized carbons (Fsp3) is 0.208. The number of benzene rings is 3. The van der Waals surface area contributed by atoms with Gasteiger partial charge in [-0.1, -0.05) is 35.9 Å². The van der Waals surface area contributed by atoms with Gasteiger partial charge in [0.05, 0.1) is 35.8 Å². The van der Waals surface area contributed by atoms with E-state index in [9.17, 15) is 13.2 Å². The lowest BCUT2D eigenvalue weighted by Crippen LogP contribution is -2.51. The molecule has 3 aromatic rings. The molecule has 34 heavy (non-hydrogen) atoms. The van der Waals surface area contributed by atoms with Gasteiger partial charge in [0.25, 0.3) is 15.9 Å². The van der Waals surface area contributed by atoms with Crippen molar-refractivity contribution in [2.45, 2.75) is 11.0 Å². The largest absolute Gasteiger partial charge is 0.497 e. The molecule has 10 heteroatoms. The number of amides is 1. The summed E-state index contributed by atoms with van der Waals surface area (Å²) >= 11 is 6.06. The quantitative estimate of drug-likeness (QED) is 0.474. The summed E-state index contributed by atoms with van der Waals surface area (Å²) in [5.74, 6) is 0.904. The van der Waals surface area contributed by atoms with E-state index < -0.39 is 22.0 Å². The summed E-state index contributed by atoms with van der Waals surface area (Å²) in [5, 5.41) is 3.20. The molecule has 1 N–H and O–H groups in total. The molecule has 8 nitrogen and oxygen atoms in total. The number of fused-ring (bicyclic) bond motifs is 1. The number of methoxy groups -OCH3 is 1. The van der Waals surface area contributed by atoms with Gasteiger partial charge in [-0.2, -0.15) is 0 Å². The van der Waals surface area contributed by atoms with Crippen LogP contribution in [0.1, 0.15) is 0 Å². The minimum atomic E-state index is -3.95. The van der Waals surface area contributed by atoms with Crippen LogP contribution in [0.4, 0.5) is 5.69 Å². The number of hydrogen-bond donors (Lipinski definition) is 1. The first-order chi connectivity index (χ1) is 16.4. The number of hydrogen-bond acceptors (Lipinski definition) is 6. The maximum absolute atomic E-state index is 13.4. The van der Waals surface area contributed by atoms with Crippen molar-refractivity contribution >= 4 is 33.2 Å². The van der Waals surface area contributed by atoms with Gasteiger partial charge in [0.15, 0.2) is 6.10 Å². The fourth-order valence-corrected chi connectivity index (χ4v) is 5.12. The molecule has 0 aromatic heterocycles. The third-order valence-electron chi connectivity index (χ3n) is 5.17. The van der Waals surface area contributed by atoms with Gasteiger partial charge >= 0.3 is 0 Å². The molecule has 1 aliphatic rings. The molecule has 0 fully saturated rings. The highest BCUT2D eigenvalue weighted by Crippen LogP contribution is 2.37. The Labute approximate surface area is 203 Å². The van der Waals surface area contributed by atoms with Crippen LogP contribution in [0.3, 0.4) is 0 Å². The minimum absolute atomic E-state index is 0.0808. The summed E-state index contributed by atoms with van der Waals surface area (Å²) in [6.07, 6.45) is -1.04. The molecule has 0 radical (unpaired) electrons. The minimum Gasteiger partial charge on any atom is -0.497 e. The molecule has 0 spiro atoms. The fourth-order valence-electron chi connectivity index (χ4n) is 3.45. The summed E-state index contributed by atoms with van der Waals surface area (Å²) in [7, 11) is -2.45. The van der Waals surface area contributed by atoms with E-state index in [0.29, 0.717) is 28.0 Å². The summed E-state index contributed by atoms with van der Waals surface area (Å²) in [6.45, 7) is 0.200. The molecule has 1 heterocycles. The maximum atomic E-state index is 13.4. The van der Waals surface area contributed by atoms with Gasteiger partial charge < -0.3 is 19.5 Å². The van der Waals surface area contributed by atoms with Crippen molar-refractivity contribution in [2.75, 3.05) is 31.1 Å². The van der Waals surface area contributed by atoms with Crippen molar-refractivity contribution < 1.29 is 27.4 Å². The van der Waals surface area contributed by atoms with Gasteiger partial charge in [-0.15, -0.1) is 0 Å². The van der Waals surface area contributed by atoms with Crippen molar-refractivity contribution in [3.63, 3.8) is 0 Å². The Morgan fingerprint density at radius 3 is 2.53 bits per heavy atom. The van der Waals surface area contributed by atoms with Gasteiger partial charge in [0.2, 0.25) is 0 Å². The SMILES string of the molecule is COc1ccc(S(=O)(=O)N2CC(C(=O)NCCOc3ccccc3Cl)Oc3ccccc32)cc1. The average molecular weight is 503 g/mol. The number of ether oxygens (including phenoxy) is 3. The molecule has 4 rings (SSSR count). The van der Waals surface area contributed by atoms with E-state index in [1.54, 1.807) is 60.7 Å². The van der Waals surface area contributed by atoms with Crippen LogP contribution in [0.15, 0.2) is 77.7 Å². The number of carbonyl (C=O) groups excluding carboxylic acids is 1. The molecular formula is C24H23ClN2O6S. The number of rotatable bonds is 8. The van der Waals surface area contributed by atoms with E-state index in [1.165, 1.54) is 23.5 Å². The number of halogens is 1. The first-order valence-corrected chi connectivity index (χ1v) is 12.3. The van der Waals surface area contributed by atoms with Crippen molar-refractivity contribution in [3.05, 3.63) is 77.8 Å². The highest BCUT2D eigenvalue weighted by molar-refractivity contribution is 7.92. The third kappa shape index (κ3) is 5.05. The number of para-hydroxylation sites is 3. The lowest BCUT2D eigenvalue weighted by molar-refractivity contribution is -0.127. The van der Waals surface area contributed by atoms with E-state index in [0.717, 1.165) is 0 Å². The first kappa shape index (κ1) is 23.7. The van der Waals surface area contributed by atoms with E-state index in [-0.39, 0.29) is 24.6 Å². The van der Waals surface area contributed by atoms with Crippen LogP contribution < -0.4 is 23.8 Å². The van der Waals surface area contributed by atoms with Crippen molar-refractivity contribution in [1.82, 2.24) is 5.32 Å². The second-order valence-corrected chi connectivity index (χ2v) is 9.63. The van der Waals surface area contributed by atoms with Crippen molar-refractivity contribution in [3.8, 4) is 17.2 Å². The van der Waals surface area contributed by atoms with Crippen molar-refractivity contribution in [2.24, 2.45) is 0 Å². The van der Waals surface area contributed by atoms with Crippen LogP contribution in [0.2, 0.25) is 5.02 Å². The second-order valence-electron chi connectivity index (χ2n) is 7.36. The zero-order chi connectivity index (χ0) is 24.1. The normalized spacial score (nSPS) is 15.1. The van der Waals surface area contributed by atoms with Gasteiger partial charge in [0.1, 0.15) is 23.9 Å². The van der Waals surface area contributed by atoms with Gasteiger partial charge in [-0.05, 0) is 48.5 Å². The van der Waals surface area contributed by atoms with E-state index in [2.05, 4.69) is 5.32 Å². The first-order valence-electron chi connectivity index (χ1n) is 10.5. The van der Waals surface area contributed by atoms with Crippen LogP contribution in [0.5, 0.6) is 17.2 Å². The molecule has 1 aliphatic heterocycles. The molecule has 3 aromatic carbocycles. The second kappa shape index (κ2) is 10.2. The lowest BCUT2D eigenvalue weighted by atomic mass is 10.2. The number of carbonyl (C=O) groups is 1. The topological polar surface area (TPSA) is 94.2 Å². The predicted octanol–water partition coefficient (Wildman–Crippen LogP) is 3.50. The highest BCUT2D eigenvalue weighted by atomic mass is 35.5. The Balaban J connectivity index is 1.47. The number of nitrogens with one attached hydrogen (secondary N) is 1. The van der Waals surface area contributed by atoms with E-state index >= 15 is 0 Å². The van der Waals surface area contributed by atoms with Crippen LogP contribution in [-0.4, -0.2) is 47.2 Å². The number of anilines is 1. The highest BCUT2D eigenvalue weighted by Gasteiger charge is 2.37. The van der Waals surface area contributed by atoms with Gasteiger partial charge in [-0.25, -0.2) is 8.42 Å². The Bertz CT molecular complexity index is 1270. The Morgan fingerprint density at radius 2 is 1.79 bits per heavy atom. The van der Waals surface area contributed by atoms with E-state index in [4.69, 9.17) is 25.8 Å². The molecular weight excluding hydrogens is 480 g/mol. The predicted molar refractivity (Wildman–Crippen MR) is 128 cm³/mol. The van der Waals surface area contributed by atoms with Crippen molar-refractivity contribution in [1.29, 1.82) is 0 Å². The van der Waals surface area contributed by atoms with Crippen LogP contribution >= 0.6 is 11.6 Å². The van der Waals surface area contributed by atoms with Gasteiger partial charge in [-0.3, -0.25) is 9.10 Å². The van der Waals surface area contributed by atoms with Crippen LogP contribution in [-0.2, 0) is 14.8 Å². The zero-order valence-corrected chi connectivity index (χ0v) is 19.9. The smallest absolute Gasteiger partial charge is 0.264 e. The maximum Gasteiger partial charge on any atom is 0.264 e. The zero-order valence-electron chi connectivity index (χ0n) is 18.3. The number of nitrogens with zero attached hydrogens (tertiary/aromatic N) is 1. The summed E-state index contributed by atoms with van der Waals surface area (Å²) in [5.41, 5.74) is 0.365. The van der Waals surface area contributed by atoms with E-state index in [1.807, 2.05) is 0 Å². The molecule has 178 valence electrons. The third-order valence-corrected chi connectivity index (χ3v) is 7.28. The Morgan fingerprint density at radius 1 is 1.09 bits per heavy atom. The molecule has 0 aliphatic carbocycles. The van der Waals surface area contributed by atoms with Gasteiger partial charge in [0, 0.05) is 0 Å². The number of sulfonamides is 1. The average Bonchev–Trinajstić information content (AvgIpc) is 2.86. The summed E-state index contributed by atoms with van der Waals surface area (Å²) in [6, 6.07) is 19.8. The molecule has 0 bridgehead atoms. The Kier molecular flexibility index (Phi) is 7.14. The lowest BCUT2D eigenvalue weighted by Gasteiger charge is -2.34. The molecule has 1 atom stereocenters. The van der Waals surface area contributed by atoms with Crippen LogP contribution in [0.25, 0.3) is 0 Å². The summed E-state index contributed by atoms with van der Waals surface area (Å²) in [4.78, 5) is 12.9. The monoisotopic (exact) mass is 502 g/mol. The molecule has 0 saturated carbocycles. The summed E-state index contributed by atoms with van der Waals surface area (Å²) < 4.78 is 44.6. The molecule has 1 unspecified atom stereocenters. The van der Waals surface area contributed by atoms with Crippen LogP contribution in [0, 0.1) is 0 Å². The Hall–Kier alpha value is -3.43. The molecule has 0 saturated heterocycles. The molecule has 1 amide bonds.